The van der Waals surface area contributed by atoms with Crippen molar-refractivity contribution in [1.82, 2.24) is 20.4 Å². The van der Waals surface area contributed by atoms with Crippen molar-refractivity contribution in [3.05, 3.63) is 5.89 Å². The van der Waals surface area contributed by atoms with E-state index in [0.717, 1.165) is 19.1 Å². The number of rotatable bonds is 3. The fraction of sp³-hybridized carbons (Fsp3) is 0.867. The molecule has 2 atom stereocenters. The van der Waals surface area contributed by atoms with Crippen LogP contribution in [0.15, 0.2) is 4.42 Å². The lowest BCUT2D eigenvalue weighted by Gasteiger charge is -2.24. The second-order valence-corrected chi connectivity index (χ2v) is 7.37. The van der Waals surface area contributed by atoms with E-state index in [1.165, 1.54) is 19.3 Å². The van der Waals surface area contributed by atoms with Crippen molar-refractivity contribution in [3.63, 3.8) is 0 Å². The highest BCUT2D eigenvalue weighted by Crippen LogP contribution is 2.30. The maximum absolute atomic E-state index is 5.84. The molecule has 2 aliphatic rings. The van der Waals surface area contributed by atoms with Crippen molar-refractivity contribution in [1.29, 1.82) is 0 Å². The minimum atomic E-state index is 0.0547. The van der Waals surface area contributed by atoms with Crippen LogP contribution in [0.5, 0.6) is 0 Å². The van der Waals surface area contributed by atoms with Crippen molar-refractivity contribution in [3.8, 4) is 0 Å². The fourth-order valence-electron chi connectivity index (χ4n) is 3.27. The summed E-state index contributed by atoms with van der Waals surface area (Å²) in [6.07, 6.45) is 3.80. The summed E-state index contributed by atoms with van der Waals surface area (Å²) >= 11 is 0. The summed E-state index contributed by atoms with van der Waals surface area (Å²) < 4.78 is 5.84. The molecule has 0 aliphatic carbocycles. The van der Waals surface area contributed by atoms with Crippen LogP contribution in [0.3, 0.4) is 0 Å². The molecule has 3 rings (SSSR count). The van der Waals surface area contributed by atoms with Gasteiger partial charge in [-0.25, -0.2) is 0 Å². The molecule has 0 radical (unpaired) electrons. The molecule has 2 bridgehead atoms. The van der Waals surface area contributed by atoms with Gasteiger partial charge in [0.25, 0.3) is 0 Å². The Kier molecular flexibility index (Phi) is 3.92. The van der Waals surface area contributed by atoms with Crippen LogP contribution in [0, 0.1) is 0 Å². The first-order valence-corrected chi connectivity index (χ1v) is 7.97. The minimum absolute atomic E-state index is 0.0547. The molecule has 0 saturated carbocycles. The summed E-state index contributed by atoms with van der Waals surface area (Å²) in [7, 11) is 2.25. The zero-order valence-electron chi connectivity index (χ0n) is 13.6. The molecular formula is C15H27N5O. The van der Waals surface area contributed by atoms with Crippen LogP contribution in [0.25, 0.3) is 0 Å². The molecule has 0 aromatic carbocycles. The zero-order valence-corrected chi connectivity index (χ0v) is 13.6. The van der Waals surface area contributed by atoms with Gasteiger partial charge in [-0.15, -0.1) is 5.10 Å². The highest BCUT2D eigenvalue weighted by molar-refractivity contribution is 5.26. The Labute approximate surface area is 126 Å². The van der Waals surface area contributed by atoms with Gasteiger partial charge in [0.05, 0.1) is 6.54 Å². The molecule has 1 aromatic heterocycles. The van der Waals surface area contributed by atoms with Gasteiger partial charge in [0.1, 0.15) is 0 Å². The topological polar surface area (TPSA) is 57.4 Å². The van der Waals surface area contributed by atoms with Crippen molar-refractivity contribution < 1.29 is 4.42 Å². The van der Waals surface area contributed by atoms with Crippen LogP contribution in [0.4, 0.5) is 6.01 Å². The van der Waals surface area contributed by atoms with E-state index >= 15 is 0 Å². The summed E-state index contributed by atoms with van der Waals surface area (Å²) in [5, 5.41) is 11.8. The first-order valence-electron chi connectivity index (χ1n) is 7.97. The van der Waals surface area contributed by atoms with Crippen molar-refractivity contribution in [2.75, 3.05) is 25.0 Å². The molecule has 6 nitrogen and oxygen atoms in total. The quantitative estimate of drug-likeness (QED) is 0.914. The third-order valence-corrected chi connectivity index (χ3v) is 4.65. The van der Waals surface area contributed by atoms with Gasteiger partial charge in [-0.3, -0.25) is 4.90 Å². The number of nitrogens with zero attached hydrogens (tertiary/aromatic N) is 4. The summed E-state index contributed by atoms with van der Waals surface area (Å²) in [6.45, 7) is 9.03. The summed E-state index contributed by atoms with van der Waals surface area (Å²) in [5.41, 5.74) is 0.0547. The Morgan fingerprint density at radius 3 is 2.71 bits per heavy atom. The second kappa shape index (κ2) is 5.57. The average Bonchev–Trinajstić information content (AvgIpc) is 2.93. The number of aromatic nitrogens is 2. The van der Waals surface area contributed by atoms with Crippen LogP contribution in [0.1, 0.15) is 45.9 Å². The highest BCUT2D eigenvalue weighted by atomic mass is 16.4. The number of fused-ring (bicyclic) bond motifs is 2. The normalized spacial score (nSPS) is 27.1. The van der Waals surface area contributed by atoms with Gasteiger partial charge in [-0.05, 0) is 47.1 Å². The van der Waals surface area contributed by atoms with Gasteiger partial charge in [-0.1, -0.05) is 5.10 Å². The van der Waals surface area contributed by atoms with Crippen LogP contribution in [-0.4, -0.2) is 52.9 Å². The lowest BCUT2D eigenvalue weighted by molar-refractivity contribution is 0.254. The van der Waals surface area contributed by atoms with E-state index in [1.54, 1.807) is 0 Å². The van der Waals surface area contributed by atoms with Crippen LogP contribution in [-0.2, 0) is 6.54 Å². The molecule has 21 heavy (non-hydrogen) atoms. The van der Waals surface area contributed by atoms with E-state index in [2.05, 4.69) is 53.1 Å². The van der Waals surface area contributed by atoms with E-state index < -0.39 is 0 Å². The largest absolute Gasteiger partial charge is 0.407 e. The average molecular weight is 293 g/mol. The van der Waals surface area contributed by atoms with Crippen LogP contribution >= 0.6 is 0 Å². The highest BCUT2D eigenvalue weighted by Gasteiger charge is 2.35. The molecule has 0 amide bonds. The maximum atomic E-state index is 5.84. The van der Waals surface area contributed by atoms with E-state index in [9.17, 15) is 0 Å². The number of hydrogen-bond donors (Lipinski definition) is 1. The molecule has 6 heteroatoms. The molecule has 2 saturated heterocycles. The van der Waals surface area contributed by atoms with Gasteiger partial charge in [0, 0.05) is 30.7 Å². The van der Waals surface area contributed by atoms with E-state index in [0.29, 0.717) is 24.5 Å². The first-order chi connectivity index (χ1) is 9.92. The third kappa shape index (κ3) is 3.37. The predicted molar refractivity (Wildman–Crippen MR) is 82.3 cm³/mol. The Bertz CT molecular complexity index is 481. The van der Waals surface area contributed by atoms with Crippen LogP contribution in [0.2, 0.25) is 0 Å². The summed E-state index contributed by atoms with van der Waals surface area (Å²) in [5.74, 6) is 0.669. The number of nitrogens with one attached hydrogen (secondary N) is 1. The number of likely N-dealkylation sites (N-methyl/N-ethyl adjacent to an activating group) is 1. The second-order valence-electron chi connectivity index (χ2n) is 7.37. The molecular weight excluding hydrogens is 266 g/mol. The lowest BCUT2D eigenvalue weighted by Crippen LogP contribution is -2.36. The molecule has 1 N–H and O–H groups in total. The third-order valence-electron chi connectivity index (χ3n) is 4.65. The standard InChI is InChI=1S/C15H27N5O/c1-15(2,3)16-9-13-17-18-14(21-13)20-8-7-11-5-6-12(10-20)19(11)4/h11-12,16H,5-10H2,1-4H3. The SMILES string of the molecule is CN1C2CCC1CN(c1nnc(CNC(C)(C)C)o1)CC2. The van der Waals surface area contributed by atoms with Crippen LogP contribution < -0.4 is 10.2 Å². The Morgan fingerprint density at radius 2 is 1.95 bits per heavy atom. The van der Waals surface area contributed by atoms with Crippen molar-refractivity contribution >= 4 is 6.01 Å². The summed E-state index contributed by atoms with van der Waals surface area (Å²) in [6, 6.07) is 2.03. The Morgan fingerprint density at radius 1 is 1.19 bits per heavy atom. The van der Waals surface area contributed by atoms with Gasteiger partial charge < -0.3 is 14.6 Å². The minimum Gasteiger partial charge on any atom is -0.407 e. The molecule has 3 heterocycles. The Balaban J connectivity index is 1.63. The molecule has 0 spiro atoms. The predicted octanol–water partition coefficient (Wildman–Crippen LogP) is 1.63. The number of anilines is 1. The van der Waals surface area contributed by atoms with E-state index in [4.69, 9.17) is 4.42 Å². The molecule has 118 valence electrons. The van der Waals surface area contributed by atoms with Gasteiger partial charge in [0.2, 0.25) is 5.89 Å². The maximum Gasteiger partial charge on any atom is 0.318 e. The van der Waals surface area contributed by atoms with E-state index in [-0.39, 0.29) is 5.54 Å². The summed E-state index contributed by atoms with van der Waals surface area (Å²) in [4.78, 5) is 4.78. The van der Waals surface area contributed by atoms with Gasteiger partial charge >= 0.3 is 6.01 Å². The van der Waals surface area contributed by atoms with Crippen molar-refractivity contribution in [2.24, 2.45) is 0 Å². The first kappa shape index (κ1) is 14.8. The molecule has 1 aromatic rings. The Hall–Kier alpha value is -1.14. The smallest absolute Gasteiger partial charge is 0.318 e. The monoisotopic (exact) mass is 293 g/mol. The van der Waals surface area contributed by atoms with Gasteiger partial charge in [0.15, 0.2) is 0 Å². The van der Waals surface area contributed by atoms with Crippen molar-refractivity contribution in [2.45, 2.75) is 64.2 Å². The molecule has 2 aliphatic heterocycles. The molecule has 2 fully saturated rings. The van der Waals surface area contributed by atoms with Gasteiger partial charge in [-0.2, -0.15) is 0 Å². The van der Waals surface area contributed by atoms with E-state index in [1.807, 2.05) is 0 Å². The lowest BCUT2D eigenvalue weighted by atomic mass is 10.1. The molecule has 2 unspecified atom stereocenters. The fourth-order valence-corrected chi connectivity index (χ4v) is 3.27. The zero-order chi connectivity index (χ0) is 15.0. The number of hydrogen-bond acceptors (Lipinski definition) is 6.